The van der Waals surface area contributed by atoms with Crippen LogP contribution < -0.4 is 16.6 Å². The molecule has 3 heteroatoms. The van der Waals surface area contributed by atoms with Gasteiger partial charge in [-0.25, -0.2) is 5.43 Å². The Morgan fingerprint density at radius 2 is 1.86 bits per heavy atom. The number of benzene rings is 1. The fourth-order valence-electron chi connectivity index (χ4n) is 1.30. The third kappa shape index (κ3) is 3.46. The minimum absolute atomic E-state index is 0.600. The minimum Gasteiger partial charge on any atom is -0.299 e. The van der Waals surface area contributed by atoms with Gasteiger partial charge in [-0.2, -0.15) is 0 Å². The Bertz CT molecular complexity index is 254. The highest BCUT2D eigenvalue weighted by molar-refractivity contribution is 5.24. The van der Waals surface area contributed by atoms with Gasteiger partial charge in [-0.1, -0.05) is 38.1 Å². The van der Waals surface area contributed by atoms with Crippen molar-refractivity contribution in [2.75, 3.05) is 6.67 Å². The summed E-state index contributed by atoms with van der Waals surface area (Å²) < 4.78 is 0. The summed E-state index contributed by atoms with van der Waals surface area (Å²) in [4.78, 5) is 0. The van der Waals surface area contributed by atoms with Crippen LogP contribution in [0.4, 0.5) is 0 Å². The Morgan fingerprint density at radius 1 is 1.21 bits per heavy atom. The van der Waals surface area contributed by atoms with Gasteiger partial charge in [-0.3, -0.25) is 11.2 Å². The van der Waals surface area contributed by atoms with Crippen molar-refractivity contribution < 1.29 is 0 Å². The molecule has 0 spiro atoms. The van der Waals surface area contributed by atoms with Crippen molar-refractivity contribution in [1.29, 1.82) is 0 Å². The predicted molar refractivity (Wildman–Crippen MR) is 59.6 cm³/mol. The summed E-state index contributed by atoms with van der Waals surface area (Å²) >= 11 is 0. The van der Waals surface area contributed by atoms with Gasteiger partial charge in [0, 0.05) is 6.54 Å². The van der Waals surface area contributed by atoms with E-state index in [1.165, 1.54) is 11.1 Å². The molecule has 1 aromatic carbocycles. The lowest BCUT2D eigenvalue weighted by atomic mass is 10.0. The van der Waals surface area contributed by atoms with Crippen LogP contribution in [0.2, 0.25) is 0 Å². The van der Waals surface area contributed by atoms with Gasteiger partial charge in [0.15, 0.2) is 0 Å². The van der Waals surface area contributed by atoms with Crippen LogP contribution in [0.25, 0.3) is 0 Å². The normalized spacial score (nSPS) is 10.9. The van der Waals surface area contributed by atoms with E-state index in [0.29, 0.717) is 12.6 Å². The molecule has 14 heavy (non-hydrogen) atoms. The number of hydrogen-bond donors (Lipinski definition) is 3. The highest BCUT2D eigenvalue weighted by Gasteiger charge is 1.98. The zero-order valence-corrected chi connectivity index (χ0v) is 8.88. The second kappa shape index (κ2) is 5.75. The number of hydrazine groups is 1. The summed E-state index contributed by atoms with van der Waals surface area (Å²) in [5.41, 5.74) is 5.22. The Morgan fingerprint density at radius 3 is 2.36 bits per heavy atom. The van der Waals surface area contributed by atoms with Crippen molar-refractivity contribution in [1.82, 2.24) is 10.7 Å². The Kier molecular flexibility index (Phi) is 4.59. The van der Waals surface area contributed by atoms with Crippen molar-refractivity contribution >= 4 is 0 Å². The molecule has 0 heterocycles. The Balaban J connectivity index is 2.47. The first kappa shape index (κ1) is 11.2. The van der Waals surface area contributed by atoms with Crippen LogP contribution in [-0.4, -0.2) is 6.67 Å². The highest BCUT2D eigenvalue weighted by Crippen LogP contribution is 2.14. The molecule has 0 amide bonds. The first-order valence-corrected chi connectivity index (χ1v) is 4.97. The predicted octanol–water partition coefficient (Wildman–Crippen LogP) is 1.32. The smallest absolute Gasteiger partial charge is 0.0590 e. The van der Waals surface area contributed by atoms with Crippen LogP contribution in [-0.2, 0) is 6.54 Å². The molecule has 0 unspecified atom stereocenters. The number of nitrogens with two attached hydrogens (primary N) is 1. The maximum absolute atomic E-state index is 5.14. The SMILES string of the molecule is CC(C)c1ccc(CNCNN)cc1. The molecule has 0 aliphatic rings. The molecule has 0 aliphatic heterocycles. The van der Waals surface area contributed by atoms with Crippen molar-refractivity contribution in [3.05, 3.63) is 35.4 Å². The van der Waals surface area contributed by atoms with E-state index in [-0.39, 0.29) is 0 Å². The number of rotatable bonds is 5. The summed E-state index contributed by atoms with van der Waals surface area (Å²) in [6, 6.07) is 8.66. The zero-order chi connectivity index (χ0) is 10.4. The summed E-state index contributed by atoms with van der Waals surface area (Å²) in [6.07, 6.45) is 0. The summed E-state index contributed by atoms with van der Waals surface area (Å²) in [5.74, 6) is 5.74. The monoisotopic (exact) mass is 193 g/mol. The minimum atomic E-state index is 0.600. The van der Waals surface area contributed by atoms with Crippen LogP contribution >= 0.6 is 0 Å². The molecular formula is C11H19N3. The van der Waals surface area contributed by atoms with Gasteiger partial charge in [-0.05, 0) is 17.0 Å². The van der Waals surface area contributed by atoms with Gasteiger partial charge in [0.1, 0.15) is 0 Å². The molecule has 0 aromatic heterocycles. The lowest BCUT2D eigenvalue weighted by Gasteiger charge is -2.07. The molecule has 0 fully saturated rings. The molecule has 0 radical (unpaired) electrons. The molecule has 3 nitrogen and oxygen atoms in total. The number of nitrogens with one attached hydrogen (secondary N) is 2. The maximum atomic E-state index is 5.14. The number of hydrogen-bond acceptors (Lipinski definition) is 3. The van der Waals surface area contributed by atoms with E-state index in [1.54, 1.807) is 0 Å². The average molecular weight is 193 g/mol. The second-order valence-electron chi connectivity index (χ2n) is 3.70. The molecule has 1 rings (SSSR count). The largest absolute Gasteiger partial charge is 0.299 e. The lowest BCUT2D eigenvalue weighted by Crippen LogP contribution is -2.33. The van der Waals surface area contributed by atoms with Crippen LogP contribution in [0.1, 0.15) is 30.9 Å². The fourth-order valence-corrected chi connectivity index (χ4v) is 1.30. The molecule has 0 saturated carbocycles. The molecule has 1 aromatic rings. The Hall–Kier alpha value is -0.900. The van der Waals surface area contributed by atoms with E-state index in [0.717, 1.165) is 6.54 Å². The second-order valence-corrected chi connectivity index (χ2v) is 3.70. The van der Waals surface area contributed by atoms with E-state index >= 15 is 0 Å². The average Bonchev–Trinajstić information content (AvgIpc) is 2.19. The van der Waals surface area contributed by atoms with Gasteiger partial charge >= 0.3 is 0 Å². The van der Waals surface area contributed by atoms with Gasteiger partial charge in [-0.15, -0.1) is 0 Å². The summed E-state index contributed by atoms with van der Waals surface area (Å²) in [6.45, 7) is 5.88. The topological polar surface area (TPSA) is 50.1 Å². The van der Waals surface area contributed by atoms with Crippen molar-refractivity contribution in [2.24, 2.45) is 5.84 Å². The van der Waals surface area contributed by atoms with E-state index in [2.05, 4.69) is 48.9 Å². The third-order valence-corrected chi connectivity index (χ3v) is 2.20. The van der Waals surface area contributed by atoms with Crippen molar-refractivity contribution in [2.45, 2.75) is 26.3 Å². The fraction of sp³-hybridized carbons (Fsp3) is 0.455. The molecule has 0 bridgehead atoms. The van der Waals surface area contributed by atoms with Crippen LogP contribution in [0.15, 0.2) is 24.3 Å². The lowest BCUT2D eigenvalue weighted by molar-refractivity contribution is 0.601. The summed E-state index contributed by atoms with van der Waals surface area (Å²) in [7, 11) is 0. The Labute approximate surface area is 85.7 Å². The van der Waals surface area contributed by atoms with Crippen molar-refractivity contribution in [3.8, 4) is 0 Å². The van der Waals surface area contributed by atoms with Gasteiger partial charge < -0.3 is 0 Å². The van der Waals surface area contributed by atoms with E-state index in [4.69, 9.17) is 5.84 Å². The molecule has 4 N–H and O–H groups in total. The first-order chi connectivity index (χ1) is 6.74. The van der Waals surface area contributed by atoms with Crippen molar-refractivity contribution in [3.63, 3.8) is 0 Å². The van der Waals surface area contributed by atoms with Crippen LogP contribution in [0.5, 0.6) is 0 Å². The summed E-state index contributed by atoms with van der Waals surface area (Å²) in [5, 5.41) is 3.16. The molecule has 0 aliphatic carbocycles. The van der Waals surface area contributed by atoms with E-state index in [9.17, 15) is 0 Å². The first-order valence-electron chi connectivity index (χ1n) is 4.97. The molecule has 0 saturated heterocycles. The molecular weight excluding hydrogens is 174 g/mol. The standard InChI is InChI=1S/C11H19N3/c1-9(2)11-5-3-10(4-6-11)7-13-8-14-12/h3-6,9,13-14H,7-8,12H2,1-2H3. The molecule has 0 atom stereocenters. The van der Waals surface area contributed by atoms with Crippen LogP contribution in [0.3, 0.4) is 0 Å². The molecule has 78 valence electrons. The van der Waals surface area contributed by atoms with E-state index in [1.807, 2.05) is 0 Å². The maximum Gasteiger partial charge on any atom is 0.0590 e. The van der Waals surface area contributed by atoms with Gasteiger partial charge in [0.25, 0.3) is 0 Å². The zero-order valence-electron chi connectivity index (χ0n) is 8.88. The van der Waals surface area contributed by atoms with Gasteiger partial charge in [0.2, 0.25) is 0 Å². The third-order valence-electron chi connectivity index (χ3n) is 2.20. The van der Waals surface area contributed by atoms with Crippen LogP contribution in [0, 0.1) is 0 Å². The quantitative estimate of drug-likeness (QED) is 0.286. The van der Waals surface area contributed by atoms with Gasteiger partial charge in [0.05, 0.1) is 6.67 Å². The highest BCUT2D eigenvalue weighted by atomic mass is 15.3. The van der Waals surface area contributed by atoms with E-state index < -0.39 is 0 Å².